The van der Waals surface area contributed by atoms with Gasteiger partial charge in [0.15, 0.2) is 0 Å². The molecule has 2 nitrogen and oxygen atoms in total. The molecule has 0 radical (unpaired) electrons. The molecule has 0 bridgehead atoms. The van der Waals surface area contributed by atoms with E-state index in [-0.39, 0.29) is 0 Å². The summed E-state index contributed by atoms with van der Waals surface area (Å²) in [5.74, 6) is 0. The van der Waals surface area contributed by atoms with Gasteiger partial charge in [0.25, 0.3) is 0 Å². The van der Waals surface area contributed by atoms with E-state index in [1.54, 1.807) is 12.1 Å². The topological polar surface area (TPSA) is 17.8 Å². The number of nitrogens with zero attached hydrogens (tertiary/aromatic N) is 2. The fourth-order valence-electron chi connectivity index (χ4n) is 3.09. The highest BCUT2D eigenvalue weighted by Gasteiger charge is 2.15. The third-order valence-corrected chi connectivity index (χ3v) is 6.35. The summed E-state index contributed by atoms with van der Waals surface area (Å²) in [6, 6.07) is 19.3. The molecule has 29 heavy (non-hydrogen) atoms. The normalized spacial score (nSPS) is 11.1. The minimum atomic E-state index is 0.487. The summed E-state index contributed by atoms with van der Waals surface area (Å²) in [6.45, 7) is 4.17. The molecular formula is C23H16Cl4N2. The number of hydrogen-bond acceptors (Lipinski definition) is 1. The summed E-state index contributed by atoms with van der Waals surface area (Å²) in [5, 5.41) is 6.86. The summed E-state index contributed by atoms with van der Waals surface area (Å²) in [5.41, 5.74) is 6.84. The van der Waals surface area contributed by atoms with Crippen molar-refractivity contribution in [3.8, 4) is 28.2 Å². The standard InChI is InChI=1S/C23H16Cl4N2/c1-13-3-6-17(9-14(13)2)29-23(16-5-8-19(25)21(27)11-16)12-22(28-29)15-4-7-18(24)20(26)10-15/h3-12H,1-2H3. The van der Waals surface area contributed by atoms with E-state index in [2.05, 4.69) is 32.0 Å². The Balaban J connectivity index is 1.93. The molecule has 0 N–H and O–H groups in total. The average Bonchev–Trinajstić information content (AvgIpc) is 3.14. The predicted octanol–water partition coefficient (Wildman–Crippen LogP) is 8.44. The number of aromatic nitrogens is 2. The molecule has 0 saturated carbocycles. The van der Waals surface area contributed by atoms with Gasteiger partial charge in [-0.15, -0.1) is 0 Å². The lowest BCUT2D eigenvalue weighted by Gasteiger charge is -2.10. The van der Waals surface area contributed by atoms with E-state index in [0.29, 0.717) is 20.1 Å². The first kappa shape index (κ1) is 20.3. The van der Waals surface area contributed by atoms with Gasteiger partial charge in [-0.25, -0.2) is 4.68 Å². The quantitative estimate of drug-likeness (QED) is 0.299. The molecule has 1 aromatic heterocycles. The van der Waals surface area contributed by atoms with Crippen LogP contribution in [0, 0.1) is 13.8 Å². The zero-order chi connectivity index (χ0) is 20.7. The Hall–Kier alpha value is -1.97. The average molecular weight is 462 g/mol. The van der Waals surface area contributed by atoms with E-state index < -0.39 is 0 Å². The van der Waals surface area contributed by atoms with Gasteiger partial charge in [-0.05, 0) is 67.4 Å². The minimum Gasteiger partial charge on any atom is -0.232 e. The van der Waals surface area contributed by atoms with E-state index in [9.17, 15) is 0 Å². The van der Waals surface area contributed by atoms with Crippen LogP contribution in [0.3, 0.4) is 0 Å². The first-order valence-corrected chi connectivity index (χ1v) is 10.4. The van der Waals surface area contributed by atoms with Gasteiger partial charge in [-0.3, -0.25) is 0 Å². The summed E-state index contributed by atoms with van der Waals surface area (Å²) in [4.78, 5) is 0. The molecule has 3 aromatic carbocycles. The number of hydrogen-bond donors (Lipinski definition) is 0. The van der Waals surface area contributed by atoms with Crippen molar-refractivity contribution < 1.29 is 0 Å². The Labute approximate surface area is 189 Å². The van der Waals surface area contributed by atoms with Crippen molar-refractivity contribution in [1.29, 1.82) is 0 Å². The fourth-order valence-corrected chi connectivity index (χ4v) is 3.69. The lowest BCUT2D eigenvalue weighted by molar-refractivity contribution is 0.889. The number of halogens is 4. The van der Waals surface area contributed by atoms with Crippen LogP contribution in [0.5, 0.6) is 0 Å². The maximum absolute atomic E-state index is 6.28. The second kappa shape index (κ2) is 8.04. The van der Waals surface area contributed by atoms with Crippen LogP contribution in [-0.2, 0) is 0 Å². The smallest absolute Gasteiger partial charge is 0.0934 e. The van der Waals surface area contributed by atoms with Crippen LogP contribution in [-0.4, -0.2) is 9.78 Å². The lowest BCUT2D eigenvalue weighted by Crippen LogP contribution is -2.00. The summed E-state index contributed by atoms with van der Waals surface area (Å²) in [7, 11) is 0. The van der Waals surface area contributed by atoms with Gasteiger partial charge in [0.05, 0.1) is 37.2 Å². The van der Waals surface area contributed by atoms with Crippen molar-refractivity contribution in [2.45, 2.75) is 13.8 Å². The van der Waals surface area contributed by atoms with E-state index >= 15 is 0 Å². The van der Waals surface area contributed by atoms with Gasteiger partial charge in [0.1, 0.15) is 0 Å². The zero-order valence-electron chi connectivity index (χ0n) is 15.7. The second-order valence-corrected chi connectivity index (χ2v) is 8.48. The molecule has 0 unspecified atom stereocenters. The Morgan fingerprint density at radius 3 is 1.86 bits per heavy atom. The van der Waals surface area contributed by atoms with Gasteiger partial charge in [-0.1, -0.05) is 64.6 Å². The van der Waals surface area contributed by atoms with Crippen molar-refractivity contribution >= 4 is 46.4 Å². The molecule has 0 atom stereocenters. The maximum atomic E-state index is 6.28. The third-order valence-electron chi connectivity index (χ3n) is 4.88. The van der Waals surface area contributed by atoms with Crippen molar-refractivity contribution in [1.82, 2.24) is 9.78 Å². The molecule has 0 aliphatic rings. The molecule has 4 rings (SSSR count). The Morgan fingerprint density at radius 1 is 0.621 bits per heavy atom. The van der Waals surface area contributed by atoms with Crippen molar-refractivity contribution in [3.05, 3.63) is 91.9 Å². The predicted molar refractivity (Wildman–Crippen MR) is 124 cm³/mol. The van der Waals surface area contributed by atoms with E-state index in [4.69, 9.17) is 51.5 Å². The van der Waals surface area contributed by atoms with Crippen molar-refractivity contribution in [2.24, 2.45) is 0 Å². The molecule has 6 heteroatoms. The first-order chi connectivity index (χ1) is 13.8. The molecule has 0 fully saturated rings. The fraction of sp³-hybridized carbons (Fsp3) is 0.0870. The van der Waals surface area contributed by atoms with Gasteiger partial charge in [0.2, 0.25) is 0 Å². The van der Waals surface area contributed by atoms with Gasteiger partial charge in [0, 0.05) is 11.1 Å². The van der Waals surface area contributed by atoms with Crippen LogP contribution in [0.25, 0.3) is 28.2 Å². The van der Waals surface area contributed by atoms with E-state index in [0.717, 1.165) is 28.2 Å². The molecular weight excluding hydrogens is 446 g/mol. The second-order valence-electron chi connectivity index (χ2n) is 6.85. The van der Waals surface area contributed by atoms with E-state index in [1.807, 2.05) is 35.0 Å². The number of aryl methyl sites for hydroxylation is 2. The van der Waals surface area contributed by atoms with Crippen LogP contribution in [0.1, 0.15) is 11.1 Å². The highest BCUT2D eigenvalue weighted by atomic mass is 35.5. The molecule has 0 aliphatic carbocycles. The molecule has 4 aromatic rings. The van der Waals surface area contributed by atoms with E-state index in [1.165, 1.54) is 11.1 Å². The largest absolute Gasteiger partial charge is 0.232 e. The number of benzene rings is 3. The van der Waals surface area contributed by atoms with Crippen LogP contribution < -0.4 is 0 Å². The van der Waals surface area contributed by atoms with Crippen molar-refractivity contribution in [2.75, 3.05) is 0 Å². The SMILES string of the molecule is Cc1ccc(-n2nc(-c3ccc(Cl)c(Cl)c3)cc2-c2ccc(Cl)c(Cl)c2)cc1C. The maximum Gasteiger partial charge on any atom is 0.0934 e. The molecule has 1 heterocycles. The highest BCUT2D eigenvalue weighted by Crippen LogP contribution is 2.34. The molecule has 0 aliphatic heterocycles. The van der Waals surface area contributed by atoms with Crippen LogP contribution in [0.15, 0.2) is 60.7 Å². The molecule has 0 amide bonds. The summed E-state index contributed by atoms with van der Waals surface area (Å²) in [6.07, 6.45) is 0. The highest BCUT2D eigenvalue weighted by molar-refractivity contribution is 6.42. The van der Waals surface area contributed by atoms with Crippen LogP contribution in [0.4, 0.5) is 0 Å². The lowest BCUT2D eigenvalue weighted by atomic mass is 10.1. The molecule has 0 spiro atoms. The Bertz CT molecular complexity index is 1160. The Kier molecular flexibility index (Phi) is 5.63. The molecule has 146 valence electrons. The van der Waals surface area contributed by atoms with Crippen LogP contribution >= 0.6 is 46.4 Å². The summed E-state index contributed by atoms with van der Waals surface area (Å²) < 4.78 is 1.91. The van der Waals surface area contributed by atoms with Gasteiger partial charge in [-0.2, -0.15) is 5.10 Å². The number of rotatable bonds is 3. The zero-order valence-corrected chi connectivity index (χ0v) is 18.7. The minimum absolute atomic E-state index is 0.487. The monoisotopic (exact) mass is 460 g/mol. The Morgan fingerprint density at radius 2 is 1.24 bits per heavy atom. The van der Waals surface area contributed by atoms with Crippen LogP contribution in [0.2, 0.25) is 20.1 Å². The summed E-state index contributed by atoms with van der Waals surface area (Å²) >= 11 is 24.7. The van der Waals surface area contributed by atoms with Crippen molar-refractivity contribution in [3.63, 3.8) is 0 Å². The third kappa shape index (κ3) is 4.04. The first-order valence-electron chi connectivity index (χ1n) is 8.92. The van der Waals surface area contributed by atoms with Gasteiger partial charge >= 0.3 is 0 Å². The molecule has 0 saturated heterocycles. The van der Waals surface area contributed by atoms with Gasteiger partial charge < -0.3 is 0 Å².